The van der Waals surface area contributed by atoms with Crippen LogP contribution < -0.4 is 9.54 Å². The highest BCUT2D eigenvalue weighted by atomic mass is 35.5. The Morgan fingerprint density at radius 3 is 2.47 bits per heavy atom. The van der Waals surface area contributed by atoms with Crippen LogP contribution in [0.25, 0.3) is 0 Å². The molecule has 1 aliphatic carbocycles. The van der Waals surface area contributed by atoms with Gasteiger partial charge in [0.15, 0.2) is 4.80 Å². The van der Waals surface area contributed by atoms with Crippen LogP contribution in [0.4, 0.5) is 0 Å². The first kappa shape index (κ1) is 22.3. The zero-order valence-corrected chi connectivity index (χ0v) is 19.4. The van der Waals surface area contributed by atoms with Crippen molar-refractivity contribution in [3.05, 3.63) is 80.6 Å². The fourth-order valence-electron chi connectivity index (χ4n) is 3.60. The normalized spacial score (nSPS) is 14.8. The Morgan fingerprint density at radius 1 is 1.12 bits per heavy atom. The van der Waals surface area contributed by atoms with Crippen LogP contribution >= 0.6 is 22.9 Å². The molecular weight excluding hydrogens is 448 g/mol. The standard InChI is InChI=1S/C24H23ClN2O4S/c1-30-18-9-7-17(8-10-18)24(11-12-24)22(29)26-23-27(15-21(28)31-2)14-19(32-23)13-16-5-3-4-6-20(16)25/h3-10,14H,11-13,15H2,1-2H3/b26-23+. The highest BCUT2D eigenvalue weighted by molar-refractivity contribution is 7.09. The lowest BCUT2D eigenvalue weighted by Gasteiger charge is -2.12. The van der Waals surface area contributed by atoms with E-state index in [0.29, 0.717) is 16.2 Å². The summed E-state index contributed by atoms with van der Waals surface area (Å²) in [4.78, 5) is 31.0. The maximum atomic E-state index is 13.2. The molecule has 166 valence electrons. The first-order chi connectivity index (χ1) is 15.4. The number of thiazole rings is 1. The van der Waals surface area contributed by atoms with Crippen molar-refractivity contribution >= 4 is 34.8 Å². The number of ether oxygens (including phenoxy) is 2. The van der Waals surface area contributed by atoms with Gasteiger partial charge in [-0.3, -0.25) is 9.59 Å². The van der Waals surface area contributed by atoms with Gasteiger partial charge in [0.2, 0.25) is 0 Å². The molecule has 8 heteroatoms. The van der Waals surface area contributed by atoms with Gasteiger partial charge in [-0.25, -0.2) is 0 Å². The largest absolute Gasteiger partial charge is 0.497 e. The average molecular weight is 471 g/mol. The first-order valence-electron chi connectivity index (χ1n) is 10.2. The van der Waals surface area contributed by atoms with Crippen molar-refractivity contribution in [2.75, 3.05) is 14.2 Å². The lowest BCUT2D eigenvalue weighted by atomic mass is 9.95. The van der Waals surface area contributed by atoms with Crippen LogP contribution in [0, 0.1) is 0 Å². The predicted molar refractivity (Wildman–Crippen MR) is 123 cm³/mol. The third kappa shape index (κ3) is 4.64. The summed E-state index contributed by atoms with van der Waals surface area (Å²) in [6.45, 7) is -0.0167. The van der Waals surface area contributed by atoms with Crippen LogP contribution in [0.15, 0.2) is 59.7 Å². The SMILES string of the molecule is COC(=O)Cn1cc(Cc2ccccc2Cl)s/c1=N/C(=O)C1(c2ccc(OC)cc2)CC1. The van der Waals surface area contributed by atoms with Gasteiger partial charge in [0.05, 0.1) is 19.6 Å². The average Bonchev–Trinajstić information content (AvgIpc) is 3.54. The second kappa shape index (κ2) is 9.30. The van der Waals surface area contributed by atoms with E-state index in [1.54, 1.807) is 11.7 Å². The van der Waals surface area contributed by atoms with E-state index >= 15 is 0 Å². The van der Waals surface area contributed by atoms with Crippen molar-refractivity contribution in [1.29, 1.82) is 0 Å². The molecular formula is C24H23ClN2O4S. The molecule has 1 saturated carbocycles. The Labute approximate surface area is 195 Å². The minimum Gasteiger partial charge on any atom is -0.497 e. The van der Waals surface area contributed by atoms with E-state index in [2.05, 4.69) is 4.99 Å². The summed E-state index contributed by atoms with van der Waals surface area (Å²) in [6.07, 6.45) is 3.91. The van der Waals surface area contributed by atoms with Gasteiger partial charge in [-0.15, -0.1) is 11.3 Å². The molecule has 0 aliphatic heterocycles. The molecule has 32 heavy (non-hydrogen) atoms. The van der Waals surface area contributed by atoms with Crippen LogP contribution in [-0.2, 0) is 32.7 Å². The number of nitrogens with zero attached hydrogens (tertiary/aromatic N) is 2. The minimum absolute atomic E-state index is 0.0167. The van der Waals surface area contributed by atoms with E-state index < -0.39 is 11.4 Å². The summed E-state index contributed by atoms with van der Waals surface area (Å²) in [7, 11) is 2.95. The van der Waals surface area contributed by atoms with Crippen molar-refractivity contribution in [2.45, 2.75) is 31.2 Å². The van der Waals surface area contributed by atoms with E-state index in [1.165, 1.54) is 18.4 Å². The molecule has 3 aromatic rings. The zero-order valence-electron chi connectivity index (χ0n) is 17.8. The lowest BCUT2D eigenvalue weighted by Crippen LogP contribution is -2.25. The monoisotopic (exact) mass is 470 g/mol. The Kier molecular flexibility index (Phi) is 6.48. The molecule has 1 aromatic heterocycles. The molecule has 1 fully saturated rings. The van der Waals surface area contributed by atoms with Crippen molar-refractivity contribution < 1.29 is 19.1 Å². The summed E-state index contributed by atoms with van der Waals surface area (Å²) in [5.74, 6) is 0.136. The van der Waals surface area contributed by atoms with Crippen LogP contribution in [0.3, 0.4) is 0 Å². The first-order valence-corrected chi connectivity index (χ1v) is 11.4. The molecule has 0 N–H and O–H groups in total. The van der Waals surface area contributed by atoms with Crippen LogP contribution in [0.2, 0.25) is 5.02 Å². The van der Waals surface area contributed by atoms with Crippen molar-refractivity contribution in [1.82, 2.24) is 4.57 Å². The second-order valence-corrected chi connectivity index (χ2v) is 9.18. The number of amides is 1. The fraction of sp³-hybridized carbons (Fsp3) is 0.292. The van der Waals surface area contributed by atoms with Gasteiger partial charge in [0, 0.05) is 22.5 Å². The highest BCUT2D eigenvalue weighted by Gasteiger charge is 2.51. The molecule has 1 aliphatic rings. The molecule has 0 unspecified atom stereocenters. The van der Waals surface area contributed by atoms with Crippen molar-refractivity contribution in [3.63, 3.8) is 0 Å². The number of hydrogen-bond acceptors (Lipinski definition) is 5. The molecule has 2 aromatic carbocycles. The Bertz CT molecular complexity index is 1210. The molecule has 4 rings (SSSR count). The zero-order chi connectivity index (χ0) is 22.7. The summed E-state index contributed by atoms with van der Waals surface area (Å²) in [5.41, 5.74) is 1.29. The Hall–Kier alpha value is -2.90. The molecule has 6 nitrogen and oxygen atoms in total. The number of halogens is 1. The number of hydrogen-bond donors (Lipinski definition) is 0. The van der Waals surface area contributed by atoms with Gasteiger partial charge in [-0.05, 0) is 42.2 Å². The van der Waals surface area contributed by atoms with E-state index in [9.17, 15) is 9.59 Å². The number of aromatic nitrogens is 1. The second-order valence-electron chi connectivity index (χ2n) is 7.68. The third-order valence-electron chi connectivity index (χ3n) is 5.62. The number of benzene rings is 2. The molecule has 1 amide bonds. The summed E-state index contributed by atoms with van der Waals surface area (Å²) < 4.78 is 11.7. The Balaban J connectivity index is 1.67. The molecule has 1 heterocycles. The lowest BCUT2D eigenvalue weighted by molar-refractivity contribution is -0.141. The van der Waals surface area contributed by atoms with Crippen molar-refractivity contribution in [3.8, 4) is 5.75 Å². The fourth-order valence-corrected chi connectivity index (χ4v) is 4.81. The van der Waals surface area contributed by atoms with Gasteiger partial charge < -0.3 is 14.0 Å². The molecule has 0 saturated heterocycles. The van der Waals surface area contributed by atoms with Gasteiger partial charge in [0.25, 0.3) is 5.91 Å². The maximum Gasteiger partial charge on any atom is 0.325 e. The minimum atomic E-state index is -0.609. The Morgan fingerprint density at radius 2 is 1.84 bits per heavy atom. The third-order valence-corrected chi connectivity index (χ3v) is 7.01. The number of methoxy groups -OCH3 is 2. The number of esters is 1. The maximum absolute atomic E-state index is 13.2. The van der Waals surface area contributed by atoms with E-state index in [0.717, 1.165) is 34.6 Å². The summed E-state index contributed by atoms with van der Waals surface area (Å²) in [5, 5.41) is 0.673. The number of carbonyl (C=O) groups excluding carboxylic acids is 2. The topological polar surface area (TPSA) is 69.9 Å². The van der Waals surface area contributed by atoms with Crippen LogP contribution in [-0.4, -0.2) is 30.7 Å². The van der Waals surface area contributed by atoms with E-state index in [1.807, 2.05) is 54.7 Å². The van der Waals surface area contributed by atoms with E-state index in [4.69, 9.17) is 21.1 Å². The quantitative estimate of drug-likeness (QED) is 0.487. The predicted octanol–water partition coefficient (Wildman–Crippen LogP) is 4.13. The highest BCUT2D eigenvalue weighted by Crippen LogP contribution is 2.49. The molecule has 0 spiro atoms. The summed E-state index contributed by atoms with van der Waals surface area (Å²) in [6, 6.07) is 15.1. The molecule has 0 bridgehead atoms. The van der Waals surface area contributed by atoms with Gasteiger partial charge in [-0.1, -0.05) is 41.9 Å². The summed E-state index contributed by atoms with van der Waals surface area (Å²) >= 11 is 7.68. The van der Waals surface area contributed by atoms with Crippen LogP contribution in [0.1, 0.15) is 28.8 Å². The van der Waals surface area contributed by atoms with Gasteiger partial charge in [-0.2, -0.15) is 4.99 Å². The van der Waals surface area contributed by atoms with E-state index in [-0.39, 0.29) is 12.5 Å². The van der Waals surface area contributed by atoms with Gasteiger partial charge >= 0.3 is 5.97 Å². The van der Waals surface area contributed by atoms with Crippen LogP contribution in [0.5, 0.6) is 5.75 Å². The van der Waals surface area contributed by atoms with Crippen molar-refractivity contribution in [2.24, 2.45) is 4.99 Å². The number of rotatable bonds is 7. The number of carbonyl (C=O) groups is 2. The smallest absolute Gasteiger partial charge is 0.325 e. The molecule has 0 atom stereocenters. The molecule has 0 radical (unpaired) electrons. The van der Waals surface area contributed by atoms with Gasteiger partial charge in [0.1, 0.15) is 12.3 Å².